The molecule has 2 atom stereocenters. The van der Waals surface area contributed by atoms with E-state index in [0.717, 1.165) is 12.8 Å². The van der Waals surface area contributed by atoms with E-state index >= 15 is 0 Å². The summed E-state index contributed by atoms with van der Waals surface area (Å²) in [6.07, 6.45) is 1.91. The fraction of sp³-hybridized carbons (Fsp3) is 0.533. The molecule has 0 aromatic heterocycles. The number of anilines is 1. The number of nitrogens with one attached hydrogen (secondary N) is 2. The third kappa shape index (κ3) is 3.79. The molecule has 9 heteroatoms. The first-order valence-electron chi connectivity index (χ1n) is 7.75. The minimum atomic E-state index is -3.78. The average molecular weight is 372 g/mol. The van der Waals surface area contributed by atoms with Gasteiger partial charge in [-0.05, 0) is 37.1 Å². The van der Waals surface area contributed by atoms with Crippen LogP contribution in [0.1, 0.15) is 19.8 Å². The summed E-state index contributed by atoms with van der Waals surface area (Å²) < 4.78 is 49.7. The molecule has 0 radical (unpaired) electrons. The Morgan fingerprint density at radius 2 is 1.75 bits per heavy atom. The molecule has 2 aliphatic rings. The standard InChI is InChI=1S/C15H20N2O5S2/c1-10(18)16-11-4-6-13(7-5-11)24(21,22)15-9-23(19,20)8-14(15)17-12-2-3-12/h4-7,12,14-15,17H,2-3,8-9H2,1H3,(H,16,18). The highest BCUT2D eigenvalue weighted by atomic mass is 32.2. The summed E-state index contributed by atoms with van der Waals surface area (Å²) in [6.45, 7) is 1.36. The lowest BCUT2D eigenvalue weighted by Crippen LogP contribution is -2.44. The second-order valence-electron chi connectivity index (χ2n) is 6.41. The third-order valence-corrected chi connectivity index (χ3v) is 8.40. The van der Waals surface area contributed by atoms with Crippen molar-refractivity contribution in [2.45, 2.75) is 42.0 Å². The monoisotopic (exact) mass is 372 g/mol. The molecule has 3 rings (SSSR count). The van der Waals surface area contributed by atoms with Crippen molar-refractivity contribution >= 4 is 31.3 Å². The van der Waals surface area contributed by atoms with Gasteiger partial charge in [-0.15, -0.1) is 0 Å². The molecule has 1 heterocycles. The minimum absolute atomic E-state index is 0.0706. The average Bonchev–Trinajstić information content (AvgIpc) is 3.22. The second-order valence-corrected chi connectivity index (χ2v) is 10.7. The van der Waals surface area contributed by atoms with Gasteiger partial charge in [0.15, 0.2) is 19.7 Å². The van der Waals surface area contributed by atoms with Crippen molar-refractivity contribution in [3.8, 4) is 0 Å². The Bertz CT molecular complexity index is 842. The van der Waals surface area contributed by atoms with Gasteiger partial charge in [0.2, 0.25) is 5.91 Å². The van der Waals surface area contributed by atoms with Gasteiger partial charge < -0.3 is 10.6 Å². The van der Waals surface area contributed by atoms with Gasteiger partial charge in [-0.1, -0.05) is 0 Å². The molecule has 0 spiro atoms. The molecule has 24 heavy (non-hydrogen) atoms. The fourth-order valence-electron chi connectivity index (χ4n) is 2.94. The summed E-state index contributed by atoms with van der Waals surface area (Å²) in [7, 11) is -7.15. The van der Waals surface area contributed by atoms with E-state index < -0.39 is 31.0 Å². The van der Waals surface area contributed by atoms with E-state index in [1.807, 2.05) is 0 Å². The van der Waals surface area contributed by atoms with Crippen molar-refractivity contribution in [1.82, 2.24) is 5.32 Å². The zero-order valence-corrected chi connectivity index (χ0v) is 14.9. The Hall–Kier alpha value is -1.45. The van der Waals surface area contributed by atoms with E-state index in [9.17, 15) is 21.6 Å². The van der Waals surface area contributed by atoms with Crippen molar-refractivity contribution in [3.05, 3.63) is 24.3 Å². The first kappa shape index (κ1) is 17.4. The van der Waals surface area contributed by atoms with E-state index in [0.29, 0.717) is 5.69 Å². The van der Waals surface area contributed by atoms with Gasteiger partial charge in [0, 0.05) is 24.7 Å². The predicted octanol–water partition coefficient (Wildman–Crippen LogP) is 0.336. The molecule has 0 bridgehead atoms. The lowest BCUT2D eigenvalue weighted by atomic mass is 10.2. The van der Waals surface area contributed by atoms with E-state index in [1.54, 1.807) is 0 Å². The Labute approximate surface area is 141 Å². The number of hydrogen-bond acceptors (Lipinski definition) is 6. The van der Waals surface area contributed by atoms with Gasteiger partial charge in [0.05, 0.1) is 21.7 Å². The molecule has 1 saturated carbocycles. The first-order valence-corrected chi connectivity index (χ1v) is 11.1. The summed E-state index contributed by atoms with van der Waals surface area (Å²) in [4.78, 5) is 11.1. The van der Waals surface area contributed by atoms with Crippen LogP contribution in [0.3, 0.4) is 0 Å². The lowest BCUT2D eigenvalue weighted by molar-refractivity contribution is -0.114. The van der Waals surface area contributed by atoms with Gasteiger partial charge >= 0.3 is 0 Å². The molecule has 132 valence electrons. The first-order chi connectivity index (χ1) is 11.2. The predicted molar refractivity (Wildman–Crippen MR) is 90.3 cm³/mol. The van der Waals surface area contributed by atoms with Gasteiger partial charge in [0.25, 0.3) is 0 Å². The van der Waals surface area contributed by atoms with E-state index in [-0.39, 0.29) is 28.4 Å². The molecule has 1 aliphatic carbocycles. The minimum Gasteiger partial charge on any atom is -0.326 e. The summed E-state index contributed by atoms with van der Waals surface area (Å²) in [5.41, 5.74) is 0.494. The van der Waals surface area contributed by atoms with Crippen molar-refractivity contribution < 1.29 is 21.6 Å². The van der Waals surface area contributed by atoms with Crippen molar-refractivity contribution in [3.63, 3.8) is 0 Å². The number of carbonyl (C=O) groups is 1. The zero-order chi connectivity index (χ0) is 17.5. The SMILES string of the molecule is CC(=O)Nc1ccc(S(=O)(=O)C2CS(=O)(=O)CC2NC2CC2)cc1. The molecule has 1 aliphatic heterocycles. The van der Waals surface area contributed by atoms with Crippen LogP contribution in [0.2, 0.25) is 0 Å². The molecule has 1 amide bonds. The molecule has 1 saturated heterocycles. The summed E-state index contributed by atoms with van der Waals surface area (Å²) in [6, 6.07) is 5.47. The molecule has 7 nitrogen and oxygen atoms in total. The number of amides is 1. The third-order valence-electron chi connectivity index (χ3n) is 4.23. The molecule has 1 aromatic carbocycles. The summed E-state index contributed by atoms with van der Waals surface area (Å²) in [5.74, 6) is -0.744. The Morgan fingerprint density at radius 3 is 2.29 bits per heavy atom. The Kier molecular flexibility index (Phi) is 4.43. The largest absolute Gasteiger partial charge is 0.326 e. The molecule has 2 N–H and O–H groups in total. The molecule has 1 aromatic rings. The van der Waals surface area contributed by atoms with E-state index in [4.69, 9.17) is 0 Å². The maximum absolute atomic E-state index is 12.9. The van der Waals surface area contributed by atoms with Crippen molar-refractivity contribution in [2.24, 2.45) is 0 Å². The molecular formula is C15H20N2O5S2. The van der Waals surface area contributed by atoms with Crippen molar-refractivity contribution in [1.29, 1.82) is 0 Å². The lowest BCUT2D eigenvalue weighted by Gasteiger charge is -2.20. The summed E-state index contributed by atoms with van der Waals surface area (Å²) in [5, 5.41) is 4.75. The van der Waals surface area contributed by atoms with Gasteiger partial charge in [-0.2, -0.15) is 0 Å². The Balaban J connectivity index is 1.86. The highest BCUT2D eigenvalue weighted by Gasteiger charge is 2.47. The molecule has 2 fully saturated rings. The maximum Gasteiger partial charge on any atom is 0.221 e. The van der Waals surface area contributed by atoms with Crippen molar-refractivity contribution in [2.75, 3.05) is 16.8 Å². The van der Waals surface area contributed by atoms with Crippen LogP contribution in [0.4, 0.5) is 5.69 Å². The highest BCUT2D eigenvalue weighted by Crippen LogP contribution is 2.29. The highest BCUT2D eigenvalue weighted by molar-refractivity contribution is 7.96. The van der Waals surface area contributed by atoms with Crippen LogP contribution in [0, 0.1) is 0 Å². The van der Waals surface area contributed by atoms with Gasteiger partial charge in [0.1, 0.15) is 0 Å². The van der Waals surface area contributed by atoms with Crippen LogP contribution >= 0.6 is 0 Å². The molecular weight excluding hydrogens is 352 g/mol. The number of carbonyl (C=O) groups excluding carboxylic acids is 1. The zero-order valence-electron chi connectivity index (χ0n) is 13.2. The number of benzene rings is 1. The van der Waals surface area contributed by atoms with E-state index in [1.165, 1.54) is 31.2 Å². The van der Waals surface area contributed by atoms with Crippen LogP contribution < -0.4 is 10.6 Å². The van der Waals surface area contributed by atoms with Gasteiger partial charge in [-0.25, -0.2) is 16.8 Å². The smallest absolute Gasteiger partial charge is 0.221 e. The van der Waals surface area contributed by atoms with Crippen LogP contribution in [0.15, 0.2) is 29.2 Å². The quantitative estimate of drug-likeness (QED) is 0.771. The number of hydrogen-bond donors (Lipinski definition) is 2. The normalized spacial score (nSPS) is 26.2. The fourth-order valence-corrected chi connectivity index (χ4v) is 7.61. The van der Waals surface area contributed by atoms with Gasteiger partial charge in [-0.3, -0.25) is 4.79 Å². The number of sulfone groups is 2. The second kappa shape index (κ2) is 6.12. The summed E-state index contributed by atoms with van der Waals surface area (Å²) >= 11 is 0. The number of rotatable bonds is 5. The van der Waals surface area contributed by atoms with E-state index in [2.05, 4.69) is 10.6 Å². The topological polar surface area (TPSA) is 109 Å². The van der Waals surface area contributed by atoms with Crippen LogP contribution in [0.25, 0.3) is 0 Å². The van der Waals surface area contributed by atoms with Crippen LogP contribution in [-0.2, 0) is 24.5 Å². The van der Waals surface area contributed by atoms with Crippen LogP contribution in [-0.4, -0.2) is 51.6 Å². The maximum atomic E-state index is 12.9. The van der Waals surface area contributed by atoms with Crippen LogP contribution in [0.5, 0.6) is 0 Å². The Morgan fingerprint density at radius 1 is 1.12 bits per heavy atom. The molecule has 2 unspecified atom stereocenters.